The van der Waals surface area contributed by atoms with E-state index in [4.69, 9.17) is 4.42 Å². The first-order valence-corrected chi connectivity index (χ1v) is 7.25. The third-order valence-electron chi connectivity index (χ3n) is 4.15. The van der Waals surface area contributed by atoms with Crippen molar-refractivity contribution in [2.24, 2.45) is 18.9 Å². The number of oxazole rings is 1. The van der Waals surface area contributed by atoms with Crippen LogP contribution in [0.4, 0.5) is 5.69 Å². The van der Waals surface area contributed by atoms with Crippen LogP contribution in [0.25, 0.3) is 11.1 Å². The first-order chi connectivity index (χ1) is 11.0. The van der Waals surface area contributed by atoms with Gasteiger partial charge in [-0.1, -0.05) is 12.2 Å². The maximum absolute atomic E-state index is 12.4. The quantitative estimate of drug-likeness (QED) is 0.840. The van der Waals surface area contributed by atoms with Gasteiger partial charge in [-0.3, -0.25) is 14.2 Å². The molecule has 120 valence electrons. The van der Waals surface area contributed by atoms with Gasteiger partial charge in [0.1, 0.15) is 0 Å². The molecule has 23 heavy (non-hydrogen) atoms. The summed E-state index contributed by atoms with van der Waals surface area (Å²) in [6.45, 7) is 0. The van der Waals surface area contributed by atoms with Gasteiger partial charge in [-0.05, 0) is 25.0 Å². The Morgan fingerprint density at radius 1 is 1.26 bits per heavy atom. The van der Waals surface area contributed by atoms with Crippen molar-refractivity contribution in [3.63, 3.8) is 0 Å². The third-order valence-corrected chi connectivity index (χ3v) is 4.15. The van der Waals surface area contributed by atoms with Gasteiger partial charge in [0.2, 0.25) is 5.91 Å². The molecule has 2 N–H and O–H groups in total. The summed E-state index contributed by atoms with van der Waals surface area (Å²) in [7, 11) is 1.60. The van der Waals surface area contributed by atoms with E-state index in [-0.39, 0.29) is 5.91 Å². The van der Waals surface area contributed by atoms with Crippen molar-refractivity contribution in [1.82, 2.24) is 4.57 Å². The normalized spacial score (nSPS) is 20.6. The summed E-state index contributed by atoms with van der Waals surface area (Å²) >= 11 is 0. The number of nitrogens with zero attached hydrogens (tertiary/aromatic N) is 1. The second-order valence-electron chi connectivity index (χ2n) is 5.59. The fourth-order valence-corrected chi connectivity index (χ4v) is 2.82. The molecule has 1 aromatic carbocycles. The number of aliphatic carboxylic acids is 1. The molecule has 1 aliphatic carbocycles. The number of fused-ring (bicyclic) bond motifs is 1. The highest BCUT2D eigenvalue weighted by Crippen LogP contribution is 2.27. The number of aromatic nitrogens is 1. The number of carbonyl (C=O) groups is 2. The lowest BCUT2D eigenvalue weighted by Gasteiger charge is -2.24. The molecule has 1 aromatic heterocycles. The van der Waals surface area contributed by atoms with Crippen LogP contribution in [0.5, 0.6) is 0 Å². The fourth-order valence-electron chi connectivity index (χ4n) is 2.82. The molecule has 7 heteroatoms. The van der Waals surface area contributed by atoms with E-state index in [1.54, 1.807) is 31.3 Å². The first kappa shape index (κ1) is 15.1. The van der Waals surface area contributed by atoms with Gasteiger partial charge in [-0.25, -0.2) is 4.79 Å². The number of hydrogen-bond donors (Lipinski definition) is 2. The monoisotopic (exact) mass is 316 g/mol. The van der Waals surface area contributed by atoms with Crippen LogP contribution in [0.15, 0.2) is 39.6 Å². The molecule has 1 aliphatic rings. The number of benzene rings is 1. The second-order valence-corrected chi connectivity index (χ2v) is 5.59. The molecule has 2 atom stereocenters. The van der Waals surface area contributed by atoms with Gasteiger partial charge >= 0.3 is 11.7 Å². The largest absolute Gasteiger partial charge is 0.481 e. The number of anilines is 1. The molecule has 0 saturated carbocycles. The molecule has 3 rings (SSSR count). The molecule has 0 spiro atoms. The van der Waals surface area contributed by atoms with Crippen LogP contribution in [-0.4, -0.2) is 21.6 Å². The maximum atomic E-state index is 12.4. The molecule has 1 heterocycles. The smallest absolute Gasteiger partial charge is 0.419 e. The molecule has 1 amide bonds. The average molecular weight is 316 g/mol. The second kappa shape index (κ2) is 5.75. The van der Waals surface area contributed by atoms with Crippen LogP contribution >= 0.6 is 0 Å². The van der Waals surface area contributed by atoms with E-state index in [1.165, 1.54) is 4.57 Å². The Bertz CT molecular complexity index is 861. The summed E-state index contributed by atoms with van der Waals surface area (Å²) in [5.74, 6) is -3.14. The lowest BCUT2D eigenvalue weighted by atomic mass is 9.82. The van der Waals surface area contributed by atoms with E-state index in [0.717, 1.165) is 0 Å². The Morgan fingerprint density at radius 2 is 1.96 bits per heavy atom. The highest BCUT2D eigenvalue weighted by molar-refractivity contribution is 5.96. The van der Waals surface area contributed by atoms with E-state index in [0.29, 0.717) is 29.6 Å². The lowest BCUT2D eigenvalue weighted by Crippen LogP contribution is -2.34. The van der Waals surface area contributed by atoms with E-state index in [1.807, 2.05) is 6.08 Å². The topological polar surface area (TPSA) is 102 Å². The predicted molar refractivity (Wildman–Crippen MR) is 83.1 cm³/mol. The third kappa shape index (κ3) is 2.77. The number of amides is 1. The summed E-state index contributed by atoms with van der Waals surface area (Å²) in [6, 6.07) is 4.89. The van der Waals surface area contributed by atoms with Crippen molar-refractivity contribution in [2.75, 3.05) is 5.32 Å². The molecule has 2 aromatic rings. The van der Waals surface area contributed by atoms with Gasteiger partial charge in [0, 0.05) is 18.8 Å². The lowest BCUT2D eigenvalue weighted by molar-refractivity contribution is -0.146. The standard InChI is InChI=1S/C16H16N2O5/c1-18-12-7-6-9(8-13(12)23-16(18)22)17-14(19)10-4-2-3-5-11(10)15(20)21/h2-3,6-8,10-11H,4-5H2,1H3,(H,17,19)(H,20,21). The molecular formula is C16H16N2O5. The number of aryl methyl sites for hydroxylation is 1. The van der Waals surface area contributed by atoms with Crippen molar-refractivity contribution in [1.29, 1.82) is 0 Å². The summed E-state index contributed by atoms with van der Waals surface area (Å²) in [5.41, 5.74) is 1.46. The highest BCUT2D eigenvalue weighted by Gasteiger charge is 2.33. The molecule has 0 fully saturated rings. The molecule has 7 nitrogen and oxygen atoms in total. The van der Waals surface area contributed by atoms with Crippen molar-refractivity contribution in [3.8, 4) is 0 Å². The van der Waals surface area contributed by atoms with Crippen LogP contribution in [0.3, 0.4) is 0 Å². The zero-order valence-electron chi connectivity index (χ0n) is 12.5. The molecular weight excluding hydrogens is 300 g/mol. The number of hydrogen-bond acceptors (Lipinski definition) is 4. The number of nitrogens with one attached hydrogen (secondary N) is 1. The van der Waals surface area contributed by atoms with E-state index >= 15 is 0 Å². The Kier molecular flexibility index (Phi) is 3.77. The molecule has 0 bridgehead atoms. The van der Waals surface area contributed by atoms with Gasteiger partial charge in [-0.2, -0.15) is 0 Å². The van der Waals surface area contributed by atoms with Crippen molar-refractivity contribution in [2.45, 2.75) is 12.8 Å². The fraction of sp³-hybridized carbons (Fsp3) is 0.312. The minimum Gasteiger partial charge on any atom is -0.481 e. The first-order valence-electron chi connectivity index (χ1n) is 7.25. The van der Waals surface area contributed by atoms with E-state index in [9.17, 15) is 19.5 Å². The number of carboxylic acids is 1. The Hall–Kier alpha value is -2.83. The van der Waals surface area contributed by atoms with Crippen LogP contribution in [-0.2, 0) is 16.6 Å². The maximum Gasteiger partial charge on any atom is 0.419 e. The zero-order chi connectivity index (χ0) is 16.6. The summed E-state index contributed by atoms with van der Waals surface area (Å²) in [6.07, 6.45) is 4.35. The molecule has 0 saturated heterocycles. The summed E-state index contributed by atoms with van der Waals surface area (Å²) in [5, 5.41) is 11.9. The van der Waals surface area contributed by atoms with Crippen molar-refractivity contribution >= 4 is 28.7 Å². The summed E-state index contributed by atoms with van der Waals surface area (Å²) < 4.78 is 6.44. The number of rotatable bonds is 3. The Labute approximate surface area is 131 Å². The molecule has 0 aliphatic heterocycles. The molecule has 0 radical (unpaired) electrons. The highest BCUT2D eigenvalue weighted by atomic mass is 16.4. The number of allylic oxidation sites excluding steroid dienone is 2. The van der Waals surface area contributed by atoms with Crippen molar-refractivity contribution < 1.29 is 19.1 Å². The minimum atomic E-state index is -0.973. The van der Waals surface area contributed by atoms with Crippen LogP contribution in [0.2, 0.25) is 0 Å². The van der Waals surface area contributed by atoms with E-state index < -0.39 is 23.6 Å². The van der Waals surface area contributed by atoms with E-state index in [2.05, 4.69) is 5.32 Å². The van der Waals surface area contributed by atoms with Gasteiger partial charge < -0.3 is 14.8 Å². The van der Waals surface area contributed by atoms with Gasteiger partial charge in [0.05, 0.1) is 17.4 Å². The van der Waals surface area contributed by atoms with Gasteiger partial charge in [0.15, 0.2) is 5.58 Å². The van der Waals surface area contributed by atoms with Gasteiger partial charge in [0.25, 0.3) is 0 Å². The Balaban J connectivity index is 1.83. The van der Waals surface area contributed by atoms with Crippen LogP contribution in [0.1, 0.15) is 12.8 Å². The summed E-state index contributed by atoms with van der Waals surface area (Å²) in [4.78, 5) is 35.1. The molecule has 2 unspecified atom stereocenters. The van der Waals surface area contributed by atoms with Crippen LogP contribution < -0.4 is 11.1 Å². The zero-order valence-corrected chi connectivity index (χ0v) is 12.5. The number of carbonyl (C=O) groups excluding carboxylic acids is 1. The van der Waals surface area contributed by atoms with Crippen LogP contribution in [0, 0.1) is 11.8 Å². The van der Waals surface area contributed by atoms with Crippen molar-refractivity contribution in [3.05, 3.63) is 40.9 Å². The van der Waals surface area contributed by atoms with Gasteiger partial charge in [-0.15, -0.1) is 0 Å². The predicted octanol–water partition coefficient (Wildman–Crippen LogP) is 1.74. The minimum absolute atomic E-state index is 0.347. The average Bonchev–Trinajstić information content (AvgIpc) is 2.81. The number of carboxylic acid groups (broad SMARTS) is 1. The SMILES string of the molecule is Cn1c(=O)oc2cc(NC(=O)C3CC=CCC3C(=O)O)ccc21. The Morgan fingerprint density at radius 3 is 2.65 bits per heavy atom.